The molecule has 190 valence electrons. The number of unbranched alkanes of at least 4 members (excludes halogenated alkanes) is 2. The van der Waals surface area contributed by atoms with Gasteiger partial charge < -0.3 is 30.4 Å². The van der Waals surface area contributed by atoms with Gasteiger partial charge in [0.05, 0.1) is 22.9 Å². The third kappa shape index (κ3) is 8.05. The van der Waals surface area contributed by atoms with Crippen LogP contribution >= 0.6 is 11.6 Å². The average Bonchev–Trinajstić information content (AvgIpc) is 2.86. The monoisotopic (exact) mass is 505 g/mol. The number of carbonyl (C=O) groups is 2. The topological polar surface area (TPSA) is 140 Å². The number of pyridine rings is 2. The molecule has 3 heterocycles. The largest absolute Gasteiger partial charge is 0.459 e. The van der Waals surface area contributed by atoms with Crippen LogP contribution in [-0.2, 0) is 20.9 Å². The molecule has 0 saturated carbocycles. The maximum absolute atomic E-state index is 12.6. The SMILES string of the molecule is CO[C@H]1CN(CCCCCC(=O)OCc2ccccn2)CC[C@H]1NC(=O)c1cc(Cl)c(N)[nH]c1=O. The number of methoxy groups -OCH3 is 1. The minimum absolute atomic E-state index is 0.0256. The molecule has 0 aliphatic carbocycles. The molecular weight excluding hydrogens is 474 g/mol. The summed E-state index contributed by atoms with van der Waals surface area (Å²) in [4.78, 5) is 45.4. The molecule has 0 aromatic carbocycles. The first-order valence-corrected chi connectivity index (χ1v) is 12.0. The van der Waals surface area contributed by atoms with E-state index in [2.05, 4.69) is 20.2 Å². The van der Waals surface area contributed by atoms with Crippen molar-refractivity contribution in [3.05, 3.63) is 57.1 Å². The van der Waals surface area contributed by atoms with E-state index in [1.165, 1.54) is 6.07 Å². The number of amides is 1. The molecule has 1 aliphatic rings. The van der Waals surface area contributed by atoms with Crippen molar-refractivity contribution in [3.8, 4) is 0 Å². The van der Waals surface area contributed by atoms with Crippen LogP contribution in [0.15, 0.2) is 35.3 Å². The van der Waals surface area contributed by atoms with Crippen LogP contribution < -0.4 is 16.6 Å². The summed E-state index contributed by atoms with van der Waals surface area (Å²) in [6.45, 7) is 2.52. The van der Waals surface area contributed by atoms with Crippen LogP contribution in [0.4, 0.5) is 5.82 Å². The van der Waals surface area contributed by atoms with E-state index in [1.54, 1.807) is 13.3 Å². The number of nitrogen functional groups attached to an aromatic ring is 1. The molecule has 0 radical (unpaired) electrons. The first-order chi connectivity index (χ1) is 16.9. The molecule has 2 atom stereocenters. The summed E-state index contributed by atoms with van der Waals surface area (Å²) in [6.07, 6.45) is 5.15. The lowest BCUT2D eigenvalue weighted by Crippen LogP contribution is -2.55. The van der Waals surface area contributed by atoms with Crippen LogP contribution in [0.3, 0.4) is 0 Å². The number of carbonyl (C=O) groups excluding carboxylic acids is 2. The van der Waals surface area contributed by atoms with Gasteiger partial charge in [-0.25, -0.2) is 0 Å². The number of piperidine rings is 1. The molecule has 1 amide bonds. The van der Waals surface area contributed by atoms with Gasteiger partial charge in [-0.1, -0.05) is 24.1 Å². The van der Waals surface area contributed by atoms with Crippen molar-refractivity contribution in [2.45, 2.75) is 50.9 Å². The van der Waals surface area contributed by atoms with Gasteiger partial charge in [0.25, 0.3) is 11.5 Å². The van der Waals surface area contributed by atoms with E-state index in [0.29, 0.717) is 19.4 Å². The minimum atomic E-state index is -0.587. The fourth-order valence-corrected chi connectivity index (χ4v) is 4.17. The number of nitrogens with zero attached hydrogens (tertiary/aromatic N) is 2. The molecule has 2 aromatic heterocycles. The number of ether oxygens (including phenoxy) is 2. The number of anilines is 1. The number of esters is 1. The second-order valence-corrected chi connectivity index (χ2v) is 8.92. The van der Waals surface area contributed by atoms with Crippen molar-refractivity contribution in [1.29, 1.82) is 0 Å². The third-order valence-electron chi connectivity index (χ3n) is 5.99. The summed E-state index contributed by atoms with van der Waals surface area (Å²) in [6, 6.07) is 6.55. The van der Waals surface area contributed by atoms with Crippen LogP contribution in [0, 0.1) is 0 Å². The first kappa shape index (κ1) is 26.7. The Bertz CT molecular complexity index is 1050. The van der Waals surface area contributed by atoms with Crippen LogP contribution in [-0.4, -0.2) is 65.6 Å². The molecule has 10 nitrogen and oxygen atoms in total. The van der Waals surface area contributed by atoms with Gasteiger partial charge in [-0.05, 0) is 44.0 Å². The normalized spacial score (nSPS) is 18.2. The number of likely N-dealkylation sites (tertiary alicyclic amines) is 1. The molecule has 0 bridgehead atoms. The van der Waals surface area contributed by atoms with Crippen molar-refractivity contribution in [2.75, 3.05) is 32.5 Å². The maximum Gasteiger partial charge on any atom is 0.306 e. The number of H-pyrrole nitrogens is 1. The summed E-state index contributed by atoms with van der Waals surface area (Å²) in [5.74, 6) is -0.700. The fourth-order valence-electron chi connectivity index (χ4n) is 4.01. The quantitative estimate of drug-likeness (QED) is 0.311. The zero-order valence-electron chi connectivity index (χ0n) is 19.8. The summed E-state index contributed by atoms with van der Waals surface area (Å²) in [5, 5.41) is 3.01. The van der Waals surface area contributed by atoms with E-state index in [0.717, 1.165) is 38.0 Å². The fraction of sp³-hybridized carbons (Fsp3) is 0.500. The van der Waals surface area contributed by atoms with Crippen molar-refractivity contribution in [1.82, 2.24) is 20.2 Å². The number of hydrogen-bond acceptors (Lipinski definition) is 8. The number of halogens is 1. The van der Waals surface area contributed by atoms with E-state index in [1.807, 2.05) is 18.2 Å². The lowest BCUT2D eigenvalue weighted by Gasteiger charge is -2.38. The summed E-state index contributed by atoms with van der Waals surface area (Å²) < 4.78 is 10.9. The Morgan fingerprint density at radius 1 is 1.31 bits per heavy atom. The molecule has 1 fully saturated rings. The summed E-state index contributed by atoms with van der Waals surface area (Å²) >= 11 is 5.94. The predicted octanol–water partition coefficient (Wildman–Crippen LogP) is 2.13. The number of hydrogen-bond donors (Lipinski definition) is 3. The zero-order chi connectivity index (χ0) is 25.2. The maximum atomic E-state index is 12.6. The molecule has 1 aliphatic heterocycles. The Morgan fingerprint density at radius 2 is 2.14 bits per heavy atom. The number of rotatable bonds is 11. The van der Waals surface area contributed by atoms with Gasteiger partial charge in [0.2, 0.25) is 0 Å². The molecule has 35 heavy (non-hydrogen) atoms. The summed E-state index contributed by atoms with van der Waals surface area (Å²) in [5.41, 5.74) is 5.64. The highest BCUT2D eigenvalue weighted by atomic mass is 35.5. The van der Waals surface area contributed by atoms with Gasteiger partial charge in [-0.15, -0.1) is 0 Å². The van der Waals surface area contributed by atoms with Crippen molar-refractivity contribution >= 4 is 29.3 Å². The van der Waals surface area contributed by atoms with Crippen molar-refractivity contribution < 1.29 is 19.1 Å². The molecule has 2 aromatic rings. The molecule has 1 saturated heterocycles. The highest BCUT2D eigenvalue weighted by Crippen LogP contribution is 2.17. The average molecular weight is 506 g/mol. The second kappa shape index (κ2) is 13.2. The molecule has 3 rings (SSSR count). The summed E-state index contributed by atoms with van der Waals surface area (Å²) in [7, 11) is 1.61. The van der Waals surface area contributed by atoms with E-state index >= 15 is 0 Å². The van der Waals surface area contributed by atoms with Gasteiger partial charge in [0, 0.05) is 32.8 Å². The second-order valence-electron chi connectivity index (χ2n) is 8.51. The molecule has 0 spiro atoms. The minimum Gasteiger partial charge on any atom is -0.459 e. The Labute approximate surface area is 209 Å². The number of nitrogens with one attached hydrogen (secondary N) is 2. The highest BCUT2D eigenvalue weighted by molar-refractivity contribution is 6.33. The van der Waals surface area contributed by atoms with Gasteiger partial charge in [-0.2, -0.15) is 0 Å². The standard InChI is InChI=1S/C24H32ClN5O5/c1-34-20-14-30(11-6-2-3-8-21(31)35-15-16-7-4-5-10-27-16)12-9-19(20)28-23(32)17-13-18(25)22(26)29-24(17)33/h4-5,7,10,13,19-20H,2-3,6,8-9,11-12,14-15H2,1H3,(H,28,32)(H3,26,29,33)/t19-,20+/m1/s1. The van der Waals surface area contributed by atoms with Crippen LogP contribution in [0.2, 0.25) is 5.02 Å². The van der Waals surface area contributed by atoms with E-state index in [-0.39, 0.29) is 41.1 Å². The van der Waals surface area contributed by atoms with Gasteiger partial charge in [0.15, 0.2) is 0 Å². The first-order valence-electron chi connectivity index (χ1n) is 11.7. The van der Waals surface area contributed by atoms with E-state index in [9.17, 15) is 14.4 Å². The van der Waals surface area contributed by atoms with E-state index < -0.39 is 11.5 Å². The van der Waals surface area contributed by atoms with Gasteiger partial charge in [0.1, 0.15) is 18.0 Å². The molecule has 0 unspecified atom stereocenters. The smallest absolute Gasteiger partial charge is 0.306 e. The molecule has 11 heteroatoms. The number of aromatic nitrogens is 2. The zero-order valence-corrected chi connectivity index (χ0v) is 20.6. The Balaban J connectivity index is 1.35. The third-order valence-corrected chi connectivity index (χ3v) is 6.30. The lowest BCUT2D eigenvalue weighted by molar-refractivity contribution is -0.145. The van der Waals surface area contributed by atoms with Crippen LogP contribution in [0.5, 0.6) is 0 Å². The Hall–Kier alpha value is -2.95. The molecule has 4 N–H and O–H groups in total. The Kier molecular flexibility index (Phi) is 10.1. The van der Waals surface area contributed by atoms with Crippen molar-refractivity contribution in [3.63, 3.8) is 0 Å². The lowest BCUT2D eigenvalue weighted by atomic mass is 10.0. The highest BCUT2D eigenvalue weighted by Gasteiger charge is 2.31. The van der Waals surface area contributed by atoms with Gasteiger partial charge >= 0.3 is 5.97 Å². The predicted molar refractivity (Wildman–Crippen MR) is 132 cm³/mol. The van der Waals surface area contributed by atoms with E-state index in [4.69, 9.17) is 26.8 Å². The Morgan fingerprint density at radius 3 is 2.89 bits per heavy atom. The van der Waals surface area contributed by atoms with Crippen LogP contribution in [0.25, 0.3) is 0 Å². The number of nitrogens with two attached hydrogens (primary N) is 1. The van der Waals surface area contributed by atoms with Crippen LogP contribution in [0.1, 0.15) is 48.2 Å². The molecular formula is C24H32ClN5O5. The number of aromatic amines is 1. The van der Waals surface area contributed by atoms with Crippen molar-refractivity contribution in [2.24, 2.45) is 0 Å². The van der Waals surface area contributed by atoms with Gasteiger partial charge in [-0.3, -0.25) is 19.4 Å².